The van der Waals surface area contributed by atoms with Crippen LogP contribution in [-0.2, 0) is 5.11 Å². The molecule has 0 saturated heterocycles. The maximum absolute atomic E-state index is 8.99. The van der Waals surface area contributed by atoms with E-state index in [4.69, 9.17) is 10.2 Å². The van der Waals surface area contributed by atoms with Crippen LogP contribution in [-0.4, -0.2) is 11.7 Å². The molecule has 0 aliphatic heterocycles. The Bertz CT molecular complexity index is 6.00. The molecule has 0 bridgehead atoms. The molecule has 0 saturated carbocycles. The fourth-order valence-corrected chi connectivity index (χ4v) is 0. The highest BCUT2D eigenvalue weighted by molar-refractivity contribution is 4.31. The summed E-state index contributed by atoms with van der Waals surface area (Å²) in [6.45, 7) is 0.0694. The van der Waals surface area contributed by atoms with Gasteiger partial charge in [-0.25, -0.2) is 5.11 Å². The fourth-order valence-electron chi connectivity index (χ4n) is 0. The second-order valence-electron chi connectivity index (χ2n) is 0.349. The first-order valence-electron chi connectivity index (χ1n) is 0.955. The molecule has 0 aliphatic rings. The van der Waals surface area contributed by atoms with E-state index in [-0.39, 0.29) is 0 Å². The van der Waals surface area contributed by atoms with Crippen molar-refractivity contribution in [1.82, 2.24) is 0 Å². The number of hydrogen-bond donors (Lipinski definition) is 1. The minimum Gasteiger partial charge on any atom is -0.388 e. The quantitative estimate of drug-likeness (QED) is 0.453. The van der Waals surface area contributed by atoms with Crippen LogP contribution in [0.1, 0.15) is 0 Å². The SMILES string of the molecule is [O]C[CH]O. The van der Waals surface area contributed by atoms with Crippen molar-refractivity contribution in [3.8, 4) is 0 Å². The third-order valence-electron chi connectivity index (χ3n) is 0.0745. The third-order valence-corrected chi connectivity index (χ3v) is 0.0745. The van der Waals surface area contributed by atoms with Crippen LogP contribution in [0.4, 0.5) is 0 Å². The Labute approximate surface area is 24.7 Å². The van der Waals surface area contributed by atoms with Crippen LogP contribution in [0.5, 0.6) is 0 Å². The number of rotatable bonds is 1. The van der Waals surface area contributed by atoms with Crippen LogP contribution < -0.4 is 0 Å². The van der Waals surface area contributed by atoms with E-state index in [9.17, 15) is 0 Å². The third kappa shape index (κ3) is 1.92. The second-order valence-corrected chi connectivity index (χ2v) is 0.349. The van der Waals surface area contributed by atoms with Gasteiger partial charge in [-0.3, -0.25) is 0 Å². The van der Waals surface area contributed by atoms with Gasteiger partial charge in [0.15, 0.2) is 0 Å². The van der Waals surface area contributed by atoms with Crippen LogP contribution in [0.25, 0.3) is 0 Å². The Morgan fingerprint density at radius 3 is 2.25 bits per heavy atom. The topological polar surface area (TPSA) is 40.1 Å². The van der Waals surface area contributed by atoms with Crippen LogP contribution >= 0.6 is 0 Å². The molecule has 0 aliphatic carbocycles. The molecule has 0 unspecified atom stereocenters. The first kappa shape index (κ1) is 3.92. The van der Waals surface area contributed by atoms with Crippen molar-refractivity contribution in [3.05, 3.63) is 6.61 Å². The van der Waals surface area contributed by atoms with Gasteiger partial charge in [-0.2, -0.15) is 0 Å². The lowest BCUT2D eigenvalue weighted by molar-refractivity contribution is 0.170. The summed E-state index contributed by atoms with van der Waals surface area (Å²) in [5.41, 5.74) is 0. The lowest BCUT2D eigenvalue weighted by atomic mass is 10.8. The minimum atomic E-state index is -0.500. The van der Waals surface area contributed by atoms with Gasteiger partial charge >= 0.3 is 0 Å². The Hall–Kier alpha value is -0.0800. The maximum Gasteiger partial charge on any atom is 0.111 e. The number of hydrogen-bond acceptors (Lipinski definition) is 1. The van der Waals surface area contributed by atoms with Crippen molar-refractivity contribution in [1.29, 1.82) is 0 Å². The molecule has 0 aromatic rings. The average Bonchev–Trinajstić information content (AvgIpc) is 1.37. The monoisotopic (exact) mass is 60.0 g/mol. The van der Waals surface area contributed by atoms with E-state index in [1.54, 1.807) is 0 Å². The number of aliphatic hydroxyl groups excluding tert-OH is 1. The molecule has 24 valence electrons. The maximum atomic E-state index is 8.99. The Balaban J connectivity index is 1.97. The van der Waals surface area contributed by atoms with Crippen LogP contribution in [0, 0.1) is 6.61 Å². The van der Waals surface area contributed by atoms with Gasteiger partial charge < -0.3 is 5.11 Å². The standard InChI is InChI=1S/C2H4O2/c3-1-2-4/h1,3H,2H2. The molecule has 0 spiro atoms. The van der Waals surface area contributed by atoms with E-state index in [0.717, 1.165) is 0 Å². The highest BCUT2D eigenvalue weighted by Crippen LogP contribution is 1.53. The minimum absolute atomic E-state index is 0.500. The summed E-state index contributed by atoms with van der Waals surface area (Å²) in [6.07, 6.45) is 0. The molecule has 0 amide bonds. The normalized spacial score (nSPS) is 7.50. The van der Waals surface area contributed by atoms with E-state index in [2.05, 4.69) is 0 Å². The van der Waals surface area contributed by atoms with Gasteiger partial charge in [0.05, 0.1) is 0 Å². The van der Waals surface area contributed by atoms with Gasteiger partial charge in [0.25, 0.3) is 0 Å². The molecule has 0 fully saturated rings. The lowest BCUT2D eigenvalue weighted by Gasteiger charge is -1.64. The molecule has 2 heteroatoms. The Kier molecular flexibility index (Phi) is 2.86. The molecule has 4 heavy (non-hydrogen) atoms. The molecule has 0 aromatic heterocycles. The molecule has 2 radical (unpaired) electrons. The highest BCUT2D eigenvalue weighted by atomic mass is 16.3. The molecule has 1 N–H and O–H groups in total. The van der Waals surface area contributed by atoms with Gasteiger partial charge in [0.2, 0.25) is 0 Å². The summed E-state index contributed by atoms with van der Waals surface area (Å²) in [4.78, 5) is 0. The predicted octanol–water partition coefficient (Wildman–Crippen LogP) is -0.0488. The first-order chi connectivity index (χ1) is 1.91. The molecule has 2 nitrogen and oxygen atoms in total. The zero-order valence-electron chi connectivity index (χ0n) is 2.14. The molecule has 0 heterocycles. The molecular weight excluding hydrogens is 56.0 g/mol. The zero-order valence-corrected chi connectivity index (χ0v) is 2.14. The Morgan fingerprint density at radius 1 is 2.00 bits per heavy atom. The van der Waals surface area contributed by atoms with E-state index < -0.39 is 6.61 Å². The lowest BCUT2D eigenvalue weighted by Crippen LogP contribution is -1.73. The summed E-state index contributed by atoms with van der Waals surface area (Å²) in [5.74, 6) is 0. The van der Waals surface area contributed by atoms with Gasteiger partial charge in [-0.05, 0) is 0 Å². The summed E-state index contributed by atoms with van der Waals surface area (Å²) < 4.78 is 0. The van der Waals surface area contributed by atoms with Crippen molar-refractivity contribution in [3.63, 3.8) is 0 Å². The summed E-state index contributed by atoms with van der Waals surface area (Å²) in [7, 11) is 0. The first-order valence-corrected chi connectivity index (χ1v) is 0.955. The van der Waals surface area contributed by atoms with Gasteiger partial charge in [0, 0.05) is 0 Å². The van der Waals surface area contributed by atoms with Crippen molar-refractivity contribution in [2.24, 2.45) is 0 Å². The summed E-state index contributed by atoms with van der Waals surface area (Å²) in [6, 6.07) is 0. The van der Waals surface area contributed by atoms with Crippen molar-refractivity contribution >= 4 is 0 Å². The summed E-state index contributed by atoms with van der Waals surface area (Å²) in [5, 5.41) is 16.4. The van der Waals surface area contributed by atoms with E-state index in [1.807, 2.05) is 0 Å². The number of aliphatic hydroxyl groups is 1. The van der Waals surface area contributed by atoms with E-state index in [1.165, 1.54) is 0 Å². The largest absolute Gasteiger partial charge is 0.388 e. The van der Waals surface area contributed by atoms with Gasteiger partial charge in [-0.1, -0.05) is 0 Å². The van der Waals surface area contributed by atoms with Crippen LogP contribution in [0.2, 0.25) is 0 Å². The fraction of sp³-hybridized carbons (Fsp3) is 0.500. The molecule has 0 atom stereocenters. The smallest absolute Gasteiger partial charge is 0.111 e. The van der Waals surface area contributed by atoms with E-state index >= 15 is 0 Å². The highest BCUT2D eigenvalue weighted by Gasteiger charge is 1.63. The van der Waals surface area contributed by atoms with Crippen LogP contribution in [0.3, 0.4) is 0 Å². The van der Waals surface area contributed by atoms with Crippen LogP contribution in [0.15, 0.2) is 0 Å². The predicted molar refractivity (Wildman–Crippen MR) is 11.8 cm³/mol. The second kappa shape index (κ2) is 2.92. The van der Waals surface area contributed by atoms with Gasteiger partial charge in [-0.15, -0.1) is 0 Å². The summed E-state index contributed by atoms with van der Waals surface area (Å²) >= 11 is 0. The Morgan fingerprint density at radius 2 is 2.25 bits per heavy atom. The average molecular weight is 60.1 g/mol. The van der Waals surface area contributed by atoms with Crippen molar-refractivity contribution in [2.75, 3.05) is 6.61 Å². The molecule has 0 aromatic carbocycles. The zero-order chi connectivity index (χ0) is 3.41. The molecule has 0 rings (SSSR count). The van der Waals surface area contributed by atoms with Crippen molar-refractivity contribution in [2.45, 2.75) is 0 Å². The van der Waals surface area contributed by atoms with Gasteiger partial charge in [0.1, 0.15) is 13.2 Å². The van der Waals surface area contributed by atoms with E-state index in [0.29, 0.717) is 6.61 Å². The van der Waals surface area contributed by atoms with Crippen molar-refractivity contribution < 1.29 is 10.2 Å². The molecular formula is C2H4O2.